The molecule has 0 amide bonds. The number of benzene rings is 1. The minimum absolute atomic E-state index is 0.0337. The predicted octanol–water partition coefficient (Wildman–Crippen LogP) is 1.63. The van der Waals surface area contributed by atoms with E-state index in [1.165, 1.54) is 12.1 Å². The first-order valence-electron chi connectivity index (χ1n) is 5.92. The third-order valence-electron chi connectivity index (χ3n) is 2.86. The van der Waals surface area contributed by atoms with Crippen LogP contribution in [-0.4, -0.2) is 23.6 Å². The van der Waals surface area contributed by atoms with Crippen LogP contribution in [0.15, 0.2) is 47.5 Å². The first-order valence-corrected chi connectivity index (χ1v) is 7.40. The Morgan fingerprint density at radius 3 is 2.71 bits per heavy atom. The van der Waals surface area contributed by atoms with Crippen molar-refractivity contribution in [2.24, 2.45) is 0 Å². The number of rotatable bonds is 3. The van der Waals surface area contributed by atoms with Crippen LogP contribution in [0.25, 0.3) is 10.9 Å². The Hall–Kier alpha value is -2.92. The van der Waals surface area contributed by atoms with E-state index >= 15 is 0 Å². The quantitative estimate of drug-likeness (QED) is 0.763. The van der Waals surface area contributed by atoms with E-state index in [-0.39, 0.29) is 16.4 Å². The van der Waals surface area contributed by atoms with Gasteiger partial charge in [0, 0.05) is 11.6 Å². The lowest BCUT2D eigenvalue weighted by Gasteiger charge is -2.05. The summed E-state index contributed by atoms with van der Waals surface area (Å²) in [6.45, 7) is 0. The van der Waals surface area contributed by atoms with Crippen molar-refractivity contribution in [3.8, 4) is 6.07 Å². The highest BCUT2D eigenvalue weighted by atomic mass is 32.2. The number of nitrogens with zero attached hydrogens (tertiary/aromatic N) is 3. The van der Waals surface area contributed by atoms with Crippen molar-refractivity contribution in [1.29, 1.82) is 5.26 Å². The minimum atomic E-state index is -3.80. The third kappa shape index (κ3) is 2.42. The molecule has 1 aromatic carbocycles. The van der Waals surface area contributed by atoms with Gasteiger partial charge in [-0.3, -0.25) is 9.82 Å². The number of nitrogens with one attached hydrogen (secondary N) is 2. The molecular formula is C13H9N5O2S. The molecule has 0 atom stereocenters. The van der Waals surface area contributed by atoms with E-state index < -0.39 is 10.0 Å². The minimum Gasteiger partial charge on any atom is -0.276 e. The van der Waals surface area contributed by atoms with Crippen molar-refractivity contribution < 1.29 is 8.42 Å². The molecule has 104 valence electrons. The molecule has 0 unspecified atom stereocenters. The summed E-state index contributed by atoms with van der Waals surface area (Å²) in [5.41, 5.74) is 0.882. The van der Waals surface area contributed by atoms with E-state index in [0.29, 0.717) is 5.39 Å². The summed E-state index contributed by atoms with van der Waals surface area (Å²) in [7, 11) is -3.80. The molecule has 0 bridgehead atoms. The van der Waals surface area contributed by atoms with Gasteiger partial charge < -0.3 is 0 Å². The number of anilines is 1. The number of sulfonamides is 1. The van der Waals surface area contributed by atoms with E-state index in [0.717, 1.165) is 11.7 Å². The van der Waals surface area contributed by atoms with Crippen molar-refractivity contribution in [3.05, 3.63) is 48.3 Å². The van der Waals surface area contributed by atoms with Crippen LogP contribution in [0, 0.1) is 11.3 Å². The maximum atomic E-state index is 12.3. The van der Waals surface area contributed by atoms with Gasteiger partial charge >= 0.3 is 0 Å². The van der Waals surface area contributed by atoms with E-state index in [1.54, 1.807) is 18.2 Å². The zero-order chi connectivity index (χ0) is 14.9. The largest absolute Gasteiger partial charge is 0.276 e. The number of aromatic nitrogens is 3. The molecule has 0 saturated carbocycles. The summed E-state index contributed by atoms with van der Waals surface area (Å²) in [6.07, 6.45) is 1.13. The Kier molecular flexibility index (Phi) is 3.04. The van der Waals surface area contributed by atoms with Crippen LogP contribution in [0.1, 0.15) is 5.69 Å². The molecular weight excluding hydrogens is 290 g/mol. The highest BCUT2D eigenvalue weighted by Gasteiger charge is 2.17. The predicted molar refractivity (Wildman–Crippen MR) is 75.9 cm³/mol. The van der Waals surface area contributed by atoms with E-state index in [4.69, 9.17) is 5.26 Å². The summed E-state index contributed by atoms with van der Waals surface area (Å²) in [5.74, 6) is 0.218. The third-order valence-corrected chi connectivity index (χ3v) is 4.19. The fourth-order valence-electron chi connectivity index (χ4n) is 1.83. The lowest BCUT2D eigenvalue weighted by Crippen LogP contribution is -2.13. The van der Waals surface area contributed by atoms with Gasteiger partial charge in [0.25, 0.3) is 10.0 Å². The van der Waals surface area contributed by atoms with Crippen LogP contribution >= 0.6 is 0 Å². The van der Waals surface area contributed by atoms with Crippen LogP contribution in [0.3, 0.4) is 0 Å². The van der Waals surface area contributed by atoms with Crippen molar-refractivity contribution in [1.82, 2.24) is 15.2 Å². The Morgan fingerprint density at radius 1 is 1.19 bits per heavy atom. The van der Waals surface area contributed by atoms with E-state index in [1.807, 2.05) is 12.1 Å². The Labute approximate surface area is 120 Å². The highest BCUT2D eigenvalue weighted by Crippen LogP contribution is 2.22. The van der Waals surface area contributed by atoms with Crippen LogP contribution in [-0.2, 0) is 10.0 Å². The van der Waals surface area contributed by atoms with E-state index in [9.17, 15) is 8.42 Å². The molecule has 2 aromatic heterocycles. The normalized spacial score (nSPS) is 11.2. The van der Waals surface area contributed by atoms with Gasteiger partial charge in [0.15, 0.2) is 5.82 Å². The Morgan fingerprint density at radius 2 is 2.00 bits per heavy atom. The summed E-state index contributed by atoms with van der Waals surface area (Å²) in [5, 5.41) is 16.0. The fraction of sp³-hybridized carbons (Fsp3) is 0. The van der Waals surface area contributed by atoms with Gasteiger partial charge in [-0.15, -0.1) is 0 Å². The van der Waals surface area contributed by atoms with Crippen LogP contribution in [0.4, 0.5) is 5.82 Å². The Bertz CT molecular complexity index is 939. The number of para-hydroxylation sites is 1. The number of nitriles is 1. The summed E-state index contributed by atoms with van der Waals surface area (Å²) < 4.78 is 26.9. The topological polar surface area (TPSA) is 112 Å². The van der Waals surface area contributed by atoms with Crippen molar-refractivity contribution in [3.63, 3.8) is 0 Å². The molecule has 2 N–H and O–H groups in total. The maximum absolute atomic E-state index is 12.3. The molecule has 21 heavy (non-hydrogen) atoms. The first kappa shape index (κ1) is 13.1. The zero-order valence-corrected chi connectivity index (χ0v) is 11.4. The lowest BCUT2D eigenvalue weighted by atomic mass is 10.2. The number of hydrogen-bond acceptors (Lipinski definition) is 5. The summed E-state index contributed by atoms with van der Waals surface area (Å²) >= 11 is 0. The van der Waals surface area contributed by atoms with Crippen molar-refractivity contribution >= 4 is 26.7 Å². The molecule has 0 radical (unpaired) electrons. The standard InChI is InChI=1S/C13H9N5O2S/c14-7-9-5-6-10(8-15-9)21(19,20)18-13-11-3-1-2-4-12(11)16-17-13/h1-6,8H,(H2,16,17,18). The average molecular weight is 299 g/mol. The molecule has 0 spiro atoms. The van der Waals surface area contributed by atoms with Crippen molar-refractivity contribution in [2.75, 3.05) is 4.72 Å². The smallest absolute Gasteiger partial charge is 0.264 e. The molecule has 0 aliphatic rings. The average Bonchev–Trinajstić information content (AvgIpc) is 2.90. The second-order valence-electron chi connectivity index (χ2n) is 4.21. The van der Waals surface area contributed by atoms with Gasteiger partial charge in [-0.1, -0.05) is 12.1 Å². The second-order valence-corrected chi connectivity index (χ2v) is 5.90. The SMILES string of the molecule is N#Cc1ccc(S(=O)(=O)Nc2n[nH]c3ccccc23)cn1. The molecule has 7 nitrogen and oxygen atoms in total. The number of H-pyrrole nitrogens is 1. The molecule has 0 saturated heterocycles. The molecule has 0 fully saturated rings. The number of pyridine rings is 1. The van der Waals surface area contributed by atoms with E-state index in [2.05, 4.69) is 19.9 Å². The highest BCUT2D eigenvalue weighted by molar-refractivity contribution is 7.92. The summed E-state index contributed by atoms with van der Waals surface area (Å²) in [6, 6.07) is 11.7. The lowest BCUT2D eigenvalue weighted by molar-refractivity contribution is 0.600. The number of aromatic amines is 1. The first-order chi connectivity index (χ1) is 10.1. The second kappa shape index (κ2) is 4.88. The molecule has 0 aliphatic heterocycles. The number of hydrogen-bond donors (Lipinski definition) is 2. The monoisotopic (exact) mass is 299 g/mol. The van der Waals surface area contributed by atoms with Gasteiger partial charge in [-0.2, -0.15) is 10.4 Å². The zero-order valence-electron chi connectivity index (χ0n) is 10.6. The van der Waals surface area contributed by atoms with Crippen LogP contribution < -0.4 is 4.72 Å². The molecule has 0 aliphatic carbocycles. The van der Waals surface area contributed by atoms with Gasteiger partial charge in [-0.25, -0.2) is 13.4 Å². The van der Waals surface area contributed by atoms with Gasteiger partial charge in [0.05, 0.1) is 5.52 Å². The number of fused-ring (bicyclic) bond motifs is 1. The Balaban J connectivity index is 1.97. The fourth-order valence-corrected chi connectivity index (χ4v) is 2.80. The molecule has 3 rings (SSSR count). The maximum Gasteiger partial charge on any atom is 0.264 e. The summed E-state index contributed by atoms with van der Waals surface area (Å²) in [4.78, 5) is 3.71. The molecule has 8 heteroatoms. The van der Waals surface area contributed by atoms with Gasteiger partial charge in [0.1, 0.15) is 16.7 Å². The molecule has 3 aromatic rings. The molecule has 2 heterocycles. The van der Waals surface area contributed by atoms with Gasteiger partial charge in [-0.05, 0) is 24.3 Å². The van der Waals surface area contributed by atoms with Gasteiger partial charge in [0.2, 0.25) is 0 Å². The van der Waals surface area contributed by atoms with Crippen molar-refractivity contribution in [2.45, 2.75) is 4.90 Å². The van der Waals surface area contributed by atoms with Crippen LogP contribution in [0.2, 0.25) is 0 Å². The van der Waals surface area contributed by atoms with Crippen LogP contribution in [0.5, 0.6) is 0 Å².